The summed E-state index contributed by atoms with van der Waals surface area (Å²) in [6, 6.07) is 7.83. The Labute approximate surface area is 104 Å². The van der Waals surface area contributed by atoms with E-state index in [-0.39, 0.29) is 17.9 Å². The van der Waals surface area contributed by atoms with Gasteiger partial charge in [-0.15, -0.1) is 0 Å². The molecule has 1 aromatic rings. The summed E-state index contributed by atoms with van der Waals surface area (Å²) in [6.45, 7) is 3.81. The van der Waals surface area contributed by atoms with Crippen molar-refractivity contribution in [3.8, 4) is 0 Å². The van der Waals surface area contributed by atoms with E-state index in [1.165, 1.54) is 7.11 Å². The van der Waals surface area contributed by atoms with Crippen LogP contribution in [0.1, 0.15) is 13.8 Å². The van der Waals surface area contributed by atoms with Gasteiger partial charge in [0, 0.05) is 16.2 Å². The molecule has 3 nitrogen and oxygen atoms in total. The molecule has 0 amide bonds. The normalized spacial score (nSPS) is 14.0. The van der Waals surface area contributed by atoms with Crippen LogP contribution in [-0.4, -0.2) is 19.1 Å². The van der Waals surface area contributed by atoms with Crippen molar-refractivity contribution in [1.82, 2.24) is 0 Å². The Balaban J connectivity index is 2.68. The van der Waals surface area contributed by atoms with Gasteiger partial charge in [-0.3, -0.25) is 4.79 Å². The average molecular weight is 286 g/mol. The molecule has 0 spiro atoms. The Morgan fingerprint density at radius 1 is 1.38 bits per heavy atom. The molecule has 4 heteroatoms. The Morgan fingerprint density at radius 2 is 2.00 bits per heavy atom. The Kier molecular flexibility index (Phi) is 4.80. The number of rotatable bonds is 4. The second-order valence-electron chi connectivity index (χ2n) is 3.72. The molecule has 0 aromatic heterocycles. The maximum atomic E-state index is 11.4. The van der Waals surface area contributed by atoms with Gasteiger partial charge in [-0.05, 0) is 41.9 Å². The number of carbonyl (C=O) groups is 1. The minimum Gasteiger partial charge on any atom is -0.469 e. The summed E-state index contributed by atoms with van der Waals surface area (Å²) in [5, 5.41) is 3.28. The van der Waals surface area contributed by atoms with E-state index in [2.05, 4.69) is 21.2 Å². The maximum Gasteiger partial charge on any atom is 0.310 e. The van der Waals surface area contributed by atoms with Gasteiger partial charge in [0.25, 0.3) is 0 Å². The highest BCUT2D eigenvalue weighted by molar-refractivity contribution is 9.10. The number of nitrogens with one attached hydrogen (secondary N) is 1. The van der Waals surface area contributed by atoms with Gasteiger partial charge >= 0.3 is 5.97 Å². The Morgan fingerprint density at radius 3 is 2.56 bits per heavy atom. The van der Waals surface area contributed by atoms with Crippen molar-refractivity contribution in [2.24, 2.45) is 5.92 Å². The first-order valence-electron chi connectivity index (χ1n) is 5.15. The molecule has 0 saturated heterocycles. The monoisotopic (exact) mass is 285 g/mol. The maximum absolute atomic E-state index is 11.4. The van der Waals surface area contributed by atoms with Crippen LogP contribution in [0.5, 0.6) is 0 Å². The summed E-state index contributed by atoms with van der Waals surface area (Å²) in [5.41, 5.74) is 0.978. The van der Waals surface area contributed by atoms with Crippen LogP contribution in [0.25, 0.3) is 0 Å². The molecule has 0 bridgehead atoms. The van der Waals surface area contributed by atoms with Gasteiger partial charge in [0.15, 0.2) is 0 Å². The third kappa shape index (κ3) is 3.23. The number of hydrogen-bond acceptors (Lipinski definition) is 3. The van der Waals surface area contributed by atoms with E-state index in [1.807, 2.05) is 38.1 Å². The molecule has 0 aliphatic carbocycles. The summed E-state index contributed by atoms with van der Waals surface area (Å²) < 4.78 is 5.70. The molecule has 0 saturated carbocycles. The van der Waals surface area contributed by atoms with Crippen molar-refractivity contribution >= 4 is 27.6 Å². The number of ether oxygens (including phenoxy) is 1. The molecule has 0 aliphatic heterocycles. The first-order chi connectivity index (χ1) is 7.56. The molecular weight excluding hydrogens is 270 g/mol. The van der Waals surface area contributed by atoms with Crippen molar-refractivity contribution < 1.29 is 9.53 Å². The Bertz CT molecular complexity index is 368. The van der Waals surface area contributed by atoms with Gasteiger partial charge in [-0.1, -0.05) is 12.1 Å². The van der Waals surface area contributed by atoms with Crippen molar-refractivity contribution in [1.29, 1.82) is 0 Å². The SMILES string of the molecule is COC(=O)C(C)C(C)Nc1ccccc1Br. The van der Waals surface area contributed by atoms with Crippen molar-refractivity contribution in [3.05, 3.63) is 28.7 Å². The highest BCUT2D eigenvalue weighted by Gasteiger charge is 2.20. The first kappa shape index (κ1) is 13.0. The fourth-order valence-electron chi connectivity index (χ4n) is 1.34. The Hall–Kier alpha value is -1.03. The third-order valence-corrected chi connectivity index (χ3v) is 3.27. The molecule has 2 unspecified atom stereocenters. The van der Waals surface area contributed by atoms with Gasteiger partial charge < -0.3 is 10.1 Å². The molecular formula is C12H16BrNO2. The standard InChI is InChI=1S/C12H16BrNO2/c1-8(12(15)16-3)9(2)14-11-7-5-4-6-10(11)13/h4-9,14H,1-3H3. The van der Waals surface area contributed by atoms with Crippen molar-refractivity contribution in [2.45, 2.75) is 19.9 Å². The van der Waals surface area contributed by atoms with Crippen LogP contribution in [0.2, 0.25) is 0 Å². The van der Waals surface area contributed by atoms with E-state index in [1.54, 1.807) is 0 Å². The van der Waals surface area contributed by atoms with Crippen molar-refractivity contribution in [2.75, 3.05) is 12.4 Å². The average Bonchev–Trinajstić information content (AvgIpc) is 2.30. The van der Waals surface area contributed by atoms with Crippen LogP contribution in [0, 0.1) is 5.92 Å². The number of anilines is 1. The van der Waals surface area contributed by atoms with E-state index in [0.717, 1.165) is 10.2 Å². The minimum atomic E-state index is -0.202. The fraction of sp³-hybridized carbons (Fsp3) is 0.417. The van der Waals surface area contributed by atoms with Crippen LogP contribution >= 0.6 is 15.9 Å². The van der Waals surface area contributed by atoms with Gasteiger partial charge in [-0.2, -0.15) is 0 Å². The number of benzene rings is 1. The number of carbonyl (C=O) groups excluding carboxylic acids is 1. The zero-order chi connectivity index (χ0) is 12.1. The number of hydrogen-bond donors (Lipinski definition) is 1. The quantitative estimate of drug-likeness (QED) is 0.864. The highest BCUT2D eigenvalue weighted by Crippen LogP contribution is 2.23. The summed E-state index contributed by atoms with van der Waals surface area (Å²) in [6.07, 6.45) is 0. The molecule has 1 aromatic carbocycles. The van der Waals surface area contributed by atoms with Gasteiger partial charge in [-0.25, -0.2) is 0 Å². The lowest BCUT2D eigenvalue weighted by Gasteiger charge is -2.21. The van der Waals surface area contributed by atoms with E-state index in [0.29, 0.717) is 0 Å². The summed E-state index contributed by atoms with van der Waals surface area (Å²) in [7, 11) is 1.41. The van der Waals surface area contributed by atoms with E-state index in [4.69, 9.17) is 4.74 Å². The summed E-state index contributed by atoms with van der Waals surface area (Å²) >= 11 is 3.45. The number of halogens is 1. The zero-order valence-corrected chi connectivity index (χ0v) is 11.2. The lowest BCUT2D eigenvalue weighted by molar-refractivity contribution is -0.145. The van der Waals surface area contributed by atoms with Crippen LogP contribution in [0.4, 0.5) is 5.69 Å². The molecule has 0 aliphatic rings. The van der Waals surface area contributed by atoms with Crippen LogP contribution < -0.4 is 5.32 Å². The van der Waals surface area contributed by atoms with Gasteiger partial charge in [0.2, 0.25) is 0 Å². The molecule has 2 atom stereocenters. The van der Waals surface area contributed by atoms with E-state index >= 15 is 0 Å². The smallest absolute Gasteiger partial charge is 0.310 e. The van der Waals surface area contributed by atoms with Crippen LogP contribution in [0.3, 0.4) is 0 Å². The van der Waals surface area contributed by atoms with Crippen LogP contribution in [-0.2, 0) is 9.53 Å². The molecule has 1 N–H and O–H groups in total. The van der Waals surface area contributed by atoms with Gasteiger partial charge in [0.05, 0.1) is 13.0 Å². The van der Waals surface area contributed by atoms with E-state index < -0.39 is 0 Å². The number of esters is 1. The lowest BCUT2D eigenvalue weighted by atomic mass is 10.0. The summed E-state index contributed by atoms with van der Waals surface area (Å²) in [4.78, 5) is 11.4. The van der Waals surface area contributed by atoms with E-state index in [9.17, 15) is 4.79 Å². The topological polar surface area (TPSA) is 38.3 Å². The molecule has 0 fully saturated rings. The second kappa shape index (κ2) is 5.89. The molecule has 1 rings (SSSR count). The number of para-hydroxylation sites is 1. The van der Waals surface area contributed by atoms with Crippen LogP contribution in [0.15, 0.2) is 28.7 Å². The highest BCUT2D eigenvalue weighted by atomic mass is 79.9. The molecule has 0 heterocycles. The second-order valence-corrected chi connectivity index (χ2v) is 4.58. The third-order valence-electron chi connectivity index (χ3n) is 2.58. The lowest BCUT2D eigenvalue weighted by Crippen LogP contribution is -2.30. The van der Waals surface area contributed by atoms with Gasteiger partial charge in [0.1, 0.15) is 0 Å². The van der Waals surface area contributed by atoms with Crippen molar-refractivity contribution in [3.63, 3.8) is 0 Å². The molecule has 0 radical (unpaired) electrons. The number of methoxy groups -OCH3 is 1. The molecule has 16 heavy (non-hydrogen) atoms. The predicted octanol–water partition coefficient (Wildman–Crippen LogP) is 3.06. The fourth-order valence-corrected chi connectivity index (χ4v) is 1.74. The predicted molar refractivity (Wildman–Crippen MR) is 68.4 cm³/mol. The molecule has 88 valence electrons. The first-order valence-corrected chi connectivity index (χ1v) is 5.94. The largest absolute Gasteiger partial charge is 0.469 e. The summed E-state index contributed by atoms with van der Waals surface area (Å²) in [5.74, 6) is -0.385. The zero-order valence-electron chi connectivity index (χ0n) is 9.66. The minimum absolute atomic E-state index is 0.0196.